The van der Waals surface area contributed by atoms with Crippen LogP contribution in [0.3, 0.4) is 0 Å². The van der Waals surface area contributed by atoms with Crippen LogP contribution in [0.2, 0.25) is 0 Å². The van der Waals surface area contributed by atoms with Crippen LogP contribution in [-0.4, -0.2) is 10.8 Å². The summed E-state index contributed by atoms with van der Waals surface area (Å²) in [5.74, 6) is -0.558. The standard InChI is InChI=1S/C19H15FN2O3S/c20-15-7-5-14(6-8-15)19(17-2-1-11-26-17)21-18(23)12-13-3-9-16(10-4-13)22(24)25/h1-11,19H,12H2,(H,21,23)/t19-/m1/s1. The molecule has 1 heterocycles. The molecule has 1 aromatic heterocycles. The highest BCUT2D eigenvalue weighted by Gasteiger charge is 2.18. The Morgan fingerprint density at radius 1 is 1.12 bits per heavy atom. The summed E-state index contributed by atoms with van der Waals surface area (Å²) < 4.78 is 13.2. The number of carbonyl (C=O) groups excluding carboxylic acids is 1. The van der Waals surface area contributed by atoms with Crippen LogP contribution < -0.4 is 5.32 Å². The van der Waals surface area contributed by atoms with Gasteiger partial charge < -0.3 is 5.32 Å². The van der Waals surface area contributed by atoms with E-state index in [0.717, 1.165) is 10.4 Å². The van der Waals surface area contributed by atoms with Crippen LogP contribution in [-0.2, 0) is 11.2 Å². The number of nitro groups is 1. The Labute approximate surface area is 153 Å². The molecule has 0 aliphatic heterocycles. The van der Waals surface area contributed by atoms with E-state index in [1.165, 1.54) is 35.6 Å². The van der Waals surface area contributed by atoms with E-state index in [-0.39, 0.29) is 29.9 Å². The maximum atomic E-state index is 13.2. The van der Waals surface area contributed by atoms with E-state index in [4.69, 9.17) is 0 Å². The van der Waals surface area contributed by atoms with Crippen molar-refractivity contribution in [2.24, 2.45) is 0 Å². The van der Waals surface area contributed by atoms with Gasteiger partial charge in [-0.3, -0.25) is 14.9 Å². The molecule has 1 amide bonds. The van der Waals surface area contributed by atoms with Crippen molar-refractivity contribution in [1.29, 1.82) is 0 Å². The number of hydrogen-bond acceptors (Lipinski definition) is 4. The summed E-state index contributed by atoms with van der Waals surface area (Å²) in [4.78, 5) is 23.6. The van der Waals surface area contributed by atoms with Gasteiger partial charge in [0.15, 0.2) is 0 Å². The molecule has 0 aliphatic carbocycles. The second-order valence-corrected chi connectivity index (χ2v) is 6.65. The number of benzene rings is 2. The van der Waals surface area contributed by atoms with Crippen molar-refractivity contribution in [2.45, 2.75) is 12.5 Å². The minimum absolute atomic E-state index is 0.0167. The largest absolute Gasteiger partial charge is 0.344 e. The number of carbonyl (C=O) groups is 1. The Hall–Kier alpha value is -3.06. The van der Waals surface area contributed by atoms with Crippen LogP contribution in [0.4, 0.5) is 10.1 Å². The molecule has 132 valence electrons. The summed E-state index contributed by atoms with van der Waals surface area (Å²) in [6.45, 7) is 0. The zero-order valence-electron chi connectivity index (χ0n) is 13.6. The third kappa shape index (κ3) is 4.31. The van der Waals surface area contributed by atoms with E-state index in [1.807, 2.05) is 17.5 Å². The molecule has 0 fully saturated rings. The van der Waals surface area contributed by atoms with E-state index >= 15 is 0 Å². The number of halogens is 1. The molecule has 3 aromatic rings. The minimum Gasteiger partial charge on any atom is -0.344 e. The lowest BCUT2D eigenvalue weighted by atomic mass is 10.0. The van der Waals surface area contributed by atoms with Gasteiger partial charge in [0, 0.05) is 17.0 Å². The highest BCUT2D eigenvalue weighted by atomic mass is 32.1. The van der Waals surface area contributed by atoms with E-state index in [9.17, 15) is 19.3 Å². The first-order chi connectivity index (χ1) is 12.5. The maximum absolute atomic E-state index is 13.2. The van der Waals surface area contributed by atoms with Gasteiger partial charge in [-0.1, -0.05) is 30.3 Å². The highest BCUT2D eigenvalue weighted by Crippen LogP contribution is 2.26. The molecule has 3 rings (SSSR count). The first-order valence-corrected chi connectivity index (χ1v) is 8.72. The molecule has 0 radical (unpaired) electrons. The van der Waals surface area contributed by atoms with E-state index in [1.54, 1.807) is 24.3 Å². The number of nitrogens with zero attached hydrogens (tertiary/aromatic N) is 1. The number of thiophene rings is 1. The Morgan fingerprint density at radius 3 is 2.38 bits per heavy atom. The molecule has 26 heavy (non-hydrogen) atoms. The SMILES string of the molecule is O=C(Cc1ccc([N+](=O)[O-])cc1)N[C@H](c1ccc(F)cc1)c1cccs1. The molecule has 7 heteroatoms. The molecule has 0 aliphatic rings. The van der Waals surface area contributed by atoms with E-state index < -0.39 is 4.92 Å². The van der Waals surface area contributed by atoms with Crippen molar-refractivity contribution in [2.75, 3.05) is 0 Å². The molecule has 2 aromatic carbocycles. The quantitative estimate of drug-likeness (QED) is 0.521. The number of amides is 1. The van der Waals surface area contributed by atoms with Crippen LogP contribution in [0.25, 0.3) is 0 Å². The topological polar surface area (TPSA) is 72.2 Å². The van der Waals surface area contributed by atoms with Crippen LogP contribution in [0.15, 0.2) is 66.0 Å². The van der Waals surface area contributed by atoms with Crippen LogP contribution in [0.5, 0.6) is 0 Å². The van der Waals surface area contributed by atoms with Crippen molar-refractivity contribution in [3.05, 3.63) is 98.0 Å². The molecule has 1 atom stereocenters. The summed E-state index contributed by atoms with van der Waals surface area (Å²) in [5.41, 5.74) is 1.44. The predicted molar refractivity (Wildman–Crippen MR) is 97.5 cm³/mol. The summed E-state index contributed by atoms with van der Waals surface area (Å²) in [6, 6.07) is 15.3. The van der Waals surface area contributed by atoms with Crippen LogP contribution in [0, 0.1) is 15.9 Å². The van der Waals surface area contributed by atoms with Crippen LogP contribution >= 0.6 is 11.3 Å². The fourth-order valence-corrected chi connectivity index (χ4v) is 3.36. The fraction of sp³-hybridized carbons (Fsp3) is 0.105. The highest BCUT2D eigenvalue weighted by molar-refractivity contribution is 7.10. The monoisotopic (exact) mass is 370 g/mol. The van der Waals surface area contributed by atoms with Crippen molar-refractivity contribution < 1.29 is 14.1 Å². The van der Waals surface area contributed by atoms with Gasteiger partial charge in [-0.2, -0.15) is 0 Å². The second kappa shape index (κ2) is 7.88. The normalized spacial score (nSPS) is 11.7. The number of rotatable bonds is 6. The molecule has 0 saturated carbocycles. The molecule has 1 N–H and O–H groups in total. The lowest BCUT2D eigenvalue weighted by Crippen LogP contribution is -2.30. The third-order valence-corrected chi connectivity index (χ3v) is 4.79. The third-order valence-electron chi connectivity index (χ3n) is 3.85. The molecular formula is C19H15FN2O3S. The zero-order valence-corrected chi connectivity index (χ0v) is 14.4. The number of nitro benzene ring substituents is 1. The Kier molecular flexibility index (Phi) is 5.38. The van der Waals surface area contributed by atoms with Gasteiger partial charge in [0.05, 0.1) is 17.4 Å². The number of hydrogen-bond donors (Lipinski definition) is 1. The Balaban J connectivity index is 1.75. The first-order valence-electron chi connectivity index (χ1n) is 7.84. The van der Waals surface area contributed by atoms with Gasteiger partial charge in [0.25, 0.3) is 5.69 Å². The van der Waals surface area contributed by atoms with Crippen molar-refractivity contribution in [1.82, 2.24) is 5.32 Å². The van der Waals surface area contributed by atoms with Gasteiger partial charge >= 0.3 is 0 Å². The molecule has 0 saturated heterocycles. The zero-order chi connectivity index (χ0) is 18.5. The molecule has 0 spiro atoms. The molecule has 0 unspecified atom stereocenters. The summed E-state index contributed by atoms with van der Waals surface area (Å²) in [6.07, 6.45) is 0.0983. The fourth-order valence-electron chi connectivity index (χ4n) is 2.56. The van der Waals surface area contributed by atoms with Crippen molar-refractivity contribution >= 4 is 22.9 Å². The number of nitrogens with one attached hydrogen (secondary N) is 1. The smallest absolute Gasteiger partial charge is 0.269 e. The van der Waals surface area contributed by atoms with Crippen molar-refractivity contribution in [3.8, 4) is 0 Å². The average Bonchev–Trinajstić information content (AvgIpc) is 3.15. The molecule has 0 bridgehead atoms. The van der Waals surface area contributed by atoms with Crippen molar-refractivity contribution in [3.63, 3.8) is 0 Å². The Morgan fingerprint density at radius 2 is 1.81 bits per heavy atom. The van der Waals surface area contributed by atoms with Gasteiger partial charge in [-0.15, -0.1) is 11.3 Å². The predicted octanol–water partition coefficient (Wildman–Crippen LogP) is 4.24. The number of non-ortho nitro benzene ring substituents is 1. The lowest BCUT2D eigenvalue weighted by Gasteiger charge is -2.18. The summed E-state index contributed by atoms with van der Waals surface area (Å²) >= 11 is 1.50. The van der Waals surface area contributed by atoms with E-state index in [0.29, 0.717) is 5.56 Å². The average molecular weight is 370 g/mol. The second-order valence-electron chi connectivity index (χ2n) is 5.67. The molecule has 5 nitrogen and oxygen atoms in total. The van der Waals surface area contributed by atoms with Gasteiger partial charge in [-0.25, -0.2) is 4.39 Å². The van der Waals surface area contributed by atoms with Crippen LogP contribution in [0.1, 0.15) is 22.0 Å². The lowest BCUT2D eigenvalue weighted by molar-refractivity contribution is -0.384. The van der Waals surface area contributed by atoms with Gasteiger partial charge in [0.1, 0.15) is 5.82 Å². The minimum atomic E-state index is -0.481. The van der Waals surface area contributed by atoms with Gasteiger partial charge in [0.2, 0.25) is 5.91 Å². The summed E-state index contributed by atoms with van der Waals surface area (Å²) in [7, 11) is 0. The first kappa shape index (κ1) is 17.8. The van der Waals surface area contributed by atoms with Gasteiger partial charge in [-0.05, 0) is 34.7 Å². The maximum Gasteiger partial charge on any atom is 0.269 e. The Bertz CT molecular complexity index is 894. The molecular weight excluding hydrogens is 355 g/mol. The summed E-state index contributed by atoms with van der Waals surface area (Å²) in [5, 5.41) is 15.6. The van der Waals surface area contributed by atoms with E-state index in [2.05, 4.69) is 5.32 Å².